The van der Waals surface area contributed by atoms with Crippen LogP contribution in [0.3, 0.4) is 0 Å². The third kappa shape index (κ3) is 6.83. The van der Waals surface area contributed by atoms with Crippen LogP contribution >= 0.6 is 11.6 Å². The number of halogens is 1. The number of fused-ring (bicyclic) bond motifs is 1. The molecule has 3 atom stereocenters. The van der Waals surface area contributed by atoms with Crippen molar-refractivity contribution < 1.29 is 19.1 Å². The van der Waals surface area contributed by atoms with Crippen LogP contribution in [0.5, 0.6) is 5.75 Å². The molecule has 2 aromatic carbocycles. The lowest BCUT2D eigenvalue weighted by Crippen LogP contribution is -2.44. The number of nitrogens with one attached hydrogen (secondary N) is 3. The van der Waals surface area contributed by atoms with E-state index in [0.717, 1.165) is 6.54 Å². The molecule has 0 saturated heterocycles. The van der Waals surface area contributed by atoms with Crippen LogP contribution in [-0.2, 0) is 4.74 Å². The fourth-order valence-corrected chi connectivity index (χ4v) is 3.79. The minimum Gasteiger partial charge on any atom is -0.491 e. The van der Waals surface area contributed by atoms with E-state index >= 15 is 0 Å². The SMILES string of the molecule is CO[C@H]1CN(C)C(=O)c2cc(NC(=O)Nc3cccc(Cl)c3)ccc2OC[C@@H](C)NC[C@@H]1C. The highest BCUT2D eigenvalue weighted by Gasteiger charge is 2.25. The molecule has 1 aliphatic rings. The summed E-state index contributed by atoms with van der Waals surface area (Å²) in [4.78, 5) is 27.4. The standard InChI is InChI=1S/C24H31ClN4O4/c1-15-12-26-16(2)14-33-21-9-8-19(11-20(21)23(30)29(3)13-22(15)32-4)28-24(31)27-18-7-5-6-17(25)10-18/h5-11,15-16,22,26H,12-14H2,1-4H3,(H2,27,28,31)/t15-,16+,22-/m0/s1. The molecule has 0 aliphatic carbocycles. The van der Waals surface area contributed by atoms with Crippen LogP contribution in [0.2, 0.25) is 5.02 Å². The molecule has 3 amide bonds. The summed E-state index contributed by atoms with van der Waals surface area (Å²) in [7, 11) is 3.39. The summed E-state index contributed by atoms with van der Waals surface area (Å²) in [6.07, 6.45) is -0.118. The zero-order valence-corrected chi connectivity index (χ0v) is 20.1. The van der Waals surface area contributed by atoms with Crippen LogP contribution in [0.25, 0.3) is 0 Å². The van der Waals surface area contributed by atoms with Crippen molar-refractivity contribution in [3.05, 3.63) is 53.1 Å². The Morgan fingerprint density at radius 1 is 1.18 bits per heavy atom. The van der Waals surface area contributed by atoms with Gasteiger partial charge in [-0.05, 0) is 49.2 Å². The van der Waals surface area contributed by atoms with Gasteiger partial charge in [-0.3, -0.25) is 4.79 Å². The number of benzene rings is 2. The van der Waals surface area contributed by atoms with Crippen molar-refractivity contribution in [2.45, 2.75) is 26.0 Å². The Morgan fingerprint density at radius 3 is 2.61 bits per heavy atom. The smallest absolute Gasteiger partial charge is 0.323 e. The molecule has 3 rings (SSSR count). The molecule has 33 heavy (non-hydrogen) atoms. The quantitative estimate of drug-likeness (QED) is 0.623. The van der Waals surface area contributed by atoms with Crippen LogP contribution in [-0.4, -0.2) is 62.8 Å². The minimum absolute atomic E-state index is 0.0892. The molecule has 1 heterocycles. The Kier molecular flexibility index (Phi) is 8.55. The van der Waals surface area contributed by atoms with Crippen molar-refractivity contribution in [2.24, 2.45) is 5.92 Å². The van der Waals surface area contributed by atoms with Gasteiger partial charge in [0.25, 0.3) is 5.91 Å². The molecule has 0 saturated carbocycles. The van der Waals surface area contributed by atoms with Crippen molar-refractivity contribution in [3.8, 4) is 5.75 Å². The molecular formula is C24H31ClN4O4. The molecule has 0 fully saturated rings. The van der Waals surface area contributed by atoms with Gasteiger partial charge >= 0.3 is 6.03 Å². The topological polar surface area (TPSA) is 91.9 Å². The number of likely N-dealkylation sites (N-methyl/N-ethyl adjacent to an activating group) is 1. The van der Waals surface area contributed by atoms with E-state index in [1.807, 2.05) is 6.92 Å². The molecule has 0 bridgehead atoms. The van der Waals surface area contributed by atoms with Crippen LogP contribution in [0.15, 0.2) is 42.5 Å². The highest BCUT2D eigenvalue weighted by atomic mass is 35.5. The Hall–Kier alpha value is -2.81. The lowest BCUT2D eigenvalue weighted by Gasteiger charge is -2.30. The van der Waals surface area contributed by atoms with Gasteiger partial charge in [0.1, 0.15) is 12.4 Å². The number of anilines is 2. The average Bonchev–Trinajstić information content (AvgIpc) is 2.78. The normalized spacial score (nSPS) is 21.8. The van der Waals surface area contributed by atoms with Gasteiger partial charge in [-0.2, -0.15) is 0 Å². The van der Waals surface area contributed by atoms with Gasteiger partial charge in [-0.25, -0.2) is 4.79 Å². The van der Waals surface area contributed by atoms with Crippen molar-refractivity contribution in [1.29, 1.82) is 0 Å². The maximum Gasteiger partial charge on any atom is 0.323 e. The molecule has 0 radical (unpaired) electrons. The van der Waals surface area contributed by atoms with Crippen molar-refractivity contribution in [2.75, 3.05) is 44.5 Å². The van der Waals surface area contributed by atoms with Gasteiger partial charge in [0.15, 0.2) is 0 Å². The first-order chi connectivity index (χ1) is 15.8. The van der Waals surface area contributed by atoms with E-state index in [4.69, 9.17) is 21.1 Å². The van der Waals surface area contributed by atoms with Crippen molar-refractivity contribution in [1.82, 2.24) is 10.2 Å². The zero-order valence-electron chi connectivity index (χ0n) is 19.4. The lowest BCUT2D eigenvalue weighted by atomic mass is 10.0. The second kappa shape index (κ2) is 11.4. The molecule has 8 nitrogen and oxygen atoms in total. The van der Waals surface area contributed by atoms with Gasteiger partial charge in [0.2, 0.25) is 0 Å². The maximum atomic E-state index is 13.3. The first-order valence-electron chi connectivity index (χ1n) is 10.9. The van der Waals surface area contributed by atoms with E-state index < -0.39 is 6.03 Å². The third-order valence-corrected chi connectivity index (χ3v) is 5.80. The van der Waals surface area contributed by atoms with Crippen LogP contribution < -0.4 is 20.7 Å². The molecule has 0 spiro atoms. The molecule has 2 aromatic rings. The highest BCUT2D eigenvalue weighted by molar-refractivity contribution is 6.30. The number of ether oxygens (including phenoxy) is 2. The summed E-state index contributed by atoms with van der Waals surface area (Å²) in [5.74, 6) is 0.456. The summed E-state index contributed by atoms with van der Waals surface area (Å²) in [5.41, 5.74) is 1.40. The summed E-state index contributed by atoms with van der Waals surface area (Å²) < 4.78 is 11.6. The van der Waals surface area contributed by atoms with Crippen LogP contribution in [0.4, 0.5) is 16.2 Å². The maximum absolute atomic E-state index is 13.3. The number of nitrogens with zero attached hydrogens (tertiary/aromatic N) is 1. The summed E-state index contributed by atoms with van der Waals surface area (Å²) in [6, 6.07) is 11.5. The molecule has 178 valence electrons. The van der Waals surface area contributed by atoms with E-state index in [9.17, 15) is 9.59 Å². The number of rotatable bonds is 3. The molecule has 0 unspecified atom stereocenters. The summed E-state index contributed by atoms with van der Waals surface area (Å²) in [5, 5.41) is 9.46. The van der Waals surface area contributed by atoms with Crippen molar-refractivity contribution in [3.63, 3.8) is 0 Å². The predicted molar refractivity (Wildman–Crippen MR) is 130 cm³/mol. The van der Waals surface area contributed by atoms with E-state index in [1.165, 1.54) is 0 Å². The van der Waals surface area contributed by atoms with E-state index in [2.05, 4.69) is 22.9 Å². The minimum atomic E-state index is -0.446. The van der Waals surface area contributed by atoms with Gasteiger partial charge in [0, 0.05) is 49.7 Å². The largest absolute Gasteiger partial charge is 0.491 e. The van der Waals surface area contributed by atoms with Gasteiger partial charge in [-0.1, -0.05) is 24.6 Å². The zero-order chi connectivity index (χ0) is 24.0. The number of methoxy groups -OCH3 is 1. The first-order valence-corrected chi connectivity index (χ1v) is 11.3. The first kappa shape index (κ1) is 24.8. The van der Waals surface area contributed by atoms with Gasteiger partial charge in [-0.15, -0.1) is 0 Å². The molecule has 9 heteroatoms. The second-order valence-electron chi connectivity index (χ2n) is 8.36. The molecule has 3 N–H and O–H groups in total. The Bertz CT molecular complexity index is 987. The van der Waals surface area contributed by atoms with E-state index in [0.29, 0.717) is 40.9 Å². The number of carbonyl (C=O) groups is 2. The Labute approximate surface area is 199 Å². The van der Waals surface area contributed by atoms with Crippen LogP contribution in [0.1, 0.15) is 24.2 Å². The number of hydrogen-bond donors (Lipinski definition) is 3. The Morgan fingerprint density at radius 2 is 1.91 bits per heavy atom. The number of amides is 3. The lowest BCUT2D eigenvalue weighted by molar-refractivity contribution is 0.0281. The number of carbonyl (C=O) groups excluding carboxylic acids is 2. The monoisotopic (exact) mass is 474 g/mol. The average molecular weight is 475 g/mol. The van der Waals surface area contributed by atoms with Crippen molar-refractivity contribution >= 4 is 34.9 Å². The number of hydrogen-bond acceptors (Lipinski definition) is 5. The number of urea groups is 1. The van der Waals surface area contributed by atoms with E-state index in [-0.39, 0.29) is 24.0 Å². The molecular weight excluding hydrogens is 444 g/mol. The van der Waals surface area contributed by atoms with Crippen LogP contribution in [0, 0.1) is 5.92 Å². The highest BCUT2D eigenvalue weighted by Crippen LogP contribution is 2.26. The Balaban J connectivity index is 1.82. The fraction of sp³-hybridized carbons (Fsp3) is 0.417. The second-order valence-corrected chi connectivity index (χ2v) is 8.79. The van der Waals surface area contributed by atoms with E-state index in [1.54, 1.807) is 61.5 Å². The van der Waals surface area contributed by atoms with Gasteiger partial charge < -0.3 is 30.3 Å². The molecule has 0 aromatic heterocycles. The fourth-order valence-electron chi connectivity index (χ4n) is 3.60. The van der Waals surface area contributed by atoms with Gasteiger partial charge in [0.05, 0.1) is 11.7 Å². The third-order valence-electron chi connectivity index (χ3n) is 5.57. The predicted octanol–water partition coefficient (Wildman–Crippen LogP) is 4.08. The summed E-state index contributed by atoms with van der Waals surface area (Å²) in [6.45, 7) is 5.70. The molecule has 1 aliphatic heterocycles. The summed E-state index contributed by atoms with van der Waals surface area (Å²) >= 11 is 5.97.